The summed E-state index contributed by atoms with van der Waals surface area (Å²) in [6.45, 7) is 2.44. The molecule has 2 fully saturated rings. The van der Waals surface area contributed by atoms with E-state index in [2.05, 4.69) is 34.1 Å². The number of piperidine rings is 1. The van der Waals surface area contributed by atoms with Gasteiger partial charge in [0, 0.05) is 11.7 Å². The molecule has 4 rings (SSSR count). The van der Waals surface area contributed by atoms with Gasteiger partial charge in [-0.25, -0.2) is 0 Å². The number of rotatable bonds is 6. The second kappa shape index (κ2) is 10.1. The Morgan fingerprint density at radius 2 is 1.60 bits per heavy atom. The van der Waals surface area contributed by atoms with E-state index in [1.807, 2.05) is 30.3 Å². The standard InChI is InChI=1S/C26H34N2O2/c1-30-25-15-9-8-14-24(25)21-16-18-27(19-17-21)20-26(29)28(22-10-4-2-5-11-22)23-12-6-3-7-13-23/h2,4-5,8-11,14-15,21,23H,3,6-7,12-13,16-20H2,1H3. The Balaban J connectivity index is 1.40. The van der Waals surface area contributed by atoms with Crippen LogP contribution < -0.4 is 9.64 Å². The van der Waals surface area contributed by atoms with Crippen LogP contribution in [-0.2, 0) is 4.79 Å². The molecular formula is C26H34N2O2. The fourth-order valence-electron chi connectivity index (χ4n) is 5.16. The lowest BCUT2D eigenvalue weighted by Crippen LogP contribution is -2.48. The minimum Gasteiger partial charge on any atom is -0.496 e. The van der Waals surface area contributed by atoms with Gasteiger partial charge >= 0.3 is 0 Å². The topological polar surface area (TPSA) is 32.8 Å². The van der Waals surface area contributed by atoms with Crippen LogP contribution in [0.15, 0.2) is 54.6 Å². The Kier molecular flexibility index (Phi) is 7.06. The lowest BCUT2D eigenvalue weighted by molar-refractivity contribution is -0.120. The molecular weight excluding hydrogens is 372 g/mol. The summed E-state index contributed by atoms with van der Waals surface area (Å²) in [6, 6.07) is 19.0. The third-order valence-corrected chi connectivity index (χ3v) is 6.77. The molecule has 1 amide bonds. The van der Waals surface area contributed by atoms with E-state index in [9.17, 15) is 4.79 Å². The molecule has 1 saturated carbocycles. The van der Waals surface area contributed by atoms with Crippen molar-refractivity contribution in [2.24, 2.45) is 0 Å². The maximum Gasteiger partial charge on any atom is 0.241 e. The number of carbonyl (C=O) groups is 1. The van der Waals surface area contributed by atoms with Gasteiger partial charge in [-0.15, -0.1) is 0 Å². The molecule has 0 unspecified atom stereocenters. The molecule has 0 bridgehead atoms. The molecule has 1 aliphatic heterocycles. The number of nitrogens with zero attached hydrogens (tertiary/aromatic N) is 2. The number of para-hydroxylation sites is 2. The second-order valence-corrected chi connectivity index (χ2v) is 8.68. The third kappa shape index (κ3) is 4.86. The summed E-state index contributed by atoms with van der Waals surface area (Å²) in [5, 5.41) is 0. The second-order valence-electron chi connectivity index (χ2n) is 8.68. The van der Waals surface area contributed by atoms with Crippen molar-refractivity contribution in [2.75, 3.05) is 31.6 Å². The van der Waals surface area contributed by atoms with E-state index in [1.165, 1.54) is 24.8 Å². The highest BCUT2D eigenvalue weighted by molar-refractivity contribution is 5.95. The third-order valence-electron chi connectivity index (χ3n) is 6.77. The molecule has 4 heteroatoms. The molecule has 2 aromatic rings. The van der Waals surface area contributed by atoms with Crippen molar-refractivity contribution in [3.05, 3.63) is 60.2 Å². The number of benzene rings is 2. The van der Waals surface area contributed by atoms with E-state index in [0.29, 0.717) is 18.5 Å². The number of likely N-dealkylation sites (tertiary alicyclic amines) is 1. The highest BCUT2D eigenvalue weighted by Gasteiger charge is 2.30. The Labute approximate surface area is 180 Å². The van der Waals surface area contributed by atoms with Crippen molar-refractivity contribution in [1.29, 1.82) is 0 Å². The molecule has 4 nitrogen and oxygen atoms in total. The van der Waals surface area contributed by atoms with Gasteiger partial charge in [-0.3, -0.25) is 9.69 Å². The maximum absolute atomic E-state index is 13.4. The molecule has 0 N–H and O–H groups in total. The van der Waals surface area contributed by atoms with Crippen LogP contribution in [0.4, 0.5) is 5.69 Å². The quantitative estimate of drug-likeness (QED) is 0.658. The number of ether oxygens (including phenoxy) is 1. The van der Waals surface area contributed by atoms with Crippen molar-refractivity contribution < 1.29 is 9.53 Å². The van der Waals surface area contributed by atoms with Crippen molar-refractivity contribution in [3.8, 4) is 5.75 Å². The van der Waals surface area contributed by atoms with E-state index >= 15 is 0 Å². The Hall–Kier alpha value is -2.33. The zero-order valence-corrected chi connectivity index (χ0v) is 18.1. The van der Waals surface area contributed by atoms with Gasteiger partial charge in [-0.2, -0.15) is 0 Å². The zero-order valence-electron chi connectivity index (χ0n) is 18.1. The van der Waals surface area contributed by atoms with E-state index in [1.54, 1.807) is 7.11 Å². The SMILES string of the molecule is COc1ccccc1C1CCN(CC(=O)N(c2ccccc2)C2CCCCC2)CC1. The number of hydrogen-bond acceptors (Lipinski definition) is 3. The molecule has 1 aliphatic carbocycles. The lowest BCUT2D eigenvalue weighted by Gasteiger charge is -2.37. The summed E-state index contributed by atoms with van der Waals surface area (Å²) in [7, 11) is 1.75. The summed E-state index contributed by atoms with van der Waals surface area (Å²) in [5.41, 5.74) is 2.36. The number of hydrogen-bond donors (Lipinski definition) is 0. The summed E-state index contributed by atoms with van der Waals surface area (Å²) < 4.78 is 5.56. The van der Waals surface area contributed by atoms with E-state index < -0.39 is 0 Å². The predicted molar refractivity (Wildman–Crippen MR) is 122 cm³/mol. The summed E-state index contributed by atoms with van der Waals surface area (Å²) in [5.74, 6) is 1.75. The van der Waals surface area contributed by atoms with Crippen LogP contribution in [0.2, 0.25) is 0 Å². The summed E-state index contributed by atoms with van der Waals surface area (Å²) in [6.07, 6.45) is 8.14. The summed E-state index contributed by atoms with van der Waals surface area (Å²) >= 11 is 0. The fourth-order valence-corrected chi connectivity index (χ4v) is 5.16. The maximum atomic E-state index is 13.4. The summed E-state index contributed by atoms with van der Waals surface area (Å²) in [4.78, 5) is 17.9. The zero-order chi connectivity index (χ0) is 20.8. The Morgan fingerprint density at radius 3 is 2.30 bits per heavy atom. The van der Waals surface area contributed by atoms with Crippen molar-refractivity contribution in [2.45, 2.75) is 56.9 Å². The highest BCUT2D eigenvalue weighted by atomic mass is 16.5. The van der Waals surface area contributed by atoms with Gasteiger partial charge < -0.3 is 9.64 Å². The molecule has 0 spiro atoms. The van der Waals surface area contributed by atoms with Gasteiger partial charge in [0.1, 0.15) is 5.75 Å². The first-order valence-corrected chi connectivity index (χ1v) is 11.5. The van der Waals surface area contributed by atoms with Crippen molar-refractivity contribution >= 4 is 11.6 Å². The van der Waals surface area contributed by atoms with Gasteiger partial charge in [0.25, 0.3) is 0 Å². The van der Waals surface area contributed by atoms with Crippen LogP contribution in [-0.4, -0.2) is 43.6 Å². The average molecular weight is 407 g/mol. The highest BCUT2D eigenvalue weighted by Crippen LogP contribution is 2.34. The Morgan fingerprint density at radius 1 is 0.933 bits per heavy atom. The van der Waals surface area contributed by atoms with Gasteiger partial charge in [-0.1, -0.05) is 55.7 Å². The van der Waals surface area contributed by atoms with Crippen LogP contribution in [0.3, 0.4) is 0 Å². The number of carbonyl (C=O) groups excluding carboxylic acids is 1. The molecule has 30 heavy (non-hydrogen) atoms. The minimum atomic E-state index is 0.254. The van der Waals surface area contributed by atoms with Gasteiger partial charge in [-0.05, 0) is 68.5 Å². The smallest absolute Gasteiger partial charge is 0.241 e. The monoisotopic (exact) mass is 406 g/mol. The largest absolute Gasteiger partial charge is 0.496 e. The number of methoxy groups -OCH3 is 1. The van der Waals surface area contributed by atoms with Crippen LogP contribution >= 0.6 is 0 Å². The van der Waals surface area contributed by atoms with Gasteiger partial charge in [0.05, 0.1) is 13.7 Å². The number of anilines is 1. The van der Waals surface area contributed by atoms with Crippen LogP contribution in [0.25, 0.3) is 0 Å². The normalized spacial score (nSPS) is 18.8. The predicted octanol–water partition coefficient (Wildman–Crippen LogP) is 5.24. The van der Waals surface area contributed by atoms with E-state index in [0.717, 1.165) is 50.2 Å². The number of amides is 1. The lowest BCUT2D eigenvalue weighted by atomic mass is 9.88. The molecule has 1 heterocycles. The molecule has 1 saturated heterocycles. The van der Waals surface area contributed by atoms with E-state index in [4.69, 9.17) is 4.74 Å². The molecule has 2 aromatic carbocycles. The minimum absolute atomic E-state index is 0.254. The Bertz CT molecular complexity index is 809. The van der Waals surface area contributed by atoms with Gasteiger partial charge in [0.2, 0.25) is 5.91 Å². The first-order chi connectivity index (χ1) is 14.8. The molecule has 2 aliphatic rings. The molecule has 160 valence electrons. The van der Waals surface area contributed by atoms with Crippen molar-refractivity contribution in [3.63, 3.8) is 0 Å². The van der Waals surface area contributed by atoms with Crippen molar-refractivity contribution in [1.82, 2.24) is 4.90 Å². The fraction of sp³-hybridized carbons (Fsp3) is 0.500. The first-order valence-electron chi connectivity index (χ1n) is 11.5. The van der Waals surface area contributed by atoms with Gasteiger partial charge in [0.15, 0.2) is 0 Å². The van der Waals surface area contributed by atoms with Crippen LogP contribution in [0.1, 0.15) is 56.4 Å². The van der Waals surface area contributed by atoms with Crippen LogP contribution in [0, 0.1) is 0 Å². The average Bonchev–Trinajstić information content (AvgIpc) is 2.81. The van der Waals surface area contributed by atoms with Crippen LogP contribution in [0.5, 0.6) is 5.75 Å². The molecule has 0 aromatic heterocycles. The molecule has 0 radical (unpaired) electrons. The van der Waals surface area contributed by atoms with E-state index in [-0.39, 0.29) is 5.91 Å². The molecule has 0 atom stereocenters. The first kappa shape index (κ1) is 20.9.